The summed E-state index contributed by atoms with van der Waals surface area (Å²) < 4.78 is 36.5. The Hall–Kier alpha value is -2.84. The second-order valence-electron chi connectivity index (χ2n) is 5.99. The van der Waals surface area contributed by atoms with E-state index in [2.05, 4.69) is 25.9 Å². The Labute approximate surface area is 178 Å². The van der Waals surface area contributed by atoms with Crippen LogP contribution >= 0.6 is 15.9 Å². The lowest BCUT2D eigenvalue weighted by atomic mass is 10.2. The normalized spacial score (nSPS) is 11.4. The van der Waals surface area contributed by atoms with E-state index < -0.39 is 10.0 Å². The van der Waals surface area contributed by atoms with Crippen LogP contribution in [0.2, 0.25) is 0 Å². The second-order valence-corrected chi connectivity index (χ2v) is 8.57. The van der Waals surface area contributed by atoms with Crippen LogP contribution in [0.25, 0.3) is 0 Å². The Bertz CT molecular complexity index is 1090. The molecule has 1 N–H and O–H groups in total. The molecule has 0 amide bonds. The zero-order valence-electron chi connectivity index (χ0n) is 15.6. The number of hydrogen-bond donors (Lipinski definition) is 1. The summed E-state index contributed by atoms with van der Waals surface area (Å²) in [7, 11) is -2.16. The summed E-state index contributed by atoms with van der Waals surface area (Å²) >= 11 is 3.40. The molecule has 0 aromatic heterocycles. The zero-order chi connectivity index (χ0) is 20.7. The molecule has 0 atom stereocenters. The number of rotatable bonds is 8. The first kappa shape index (κ1) is 20.9. The molecule has 3 aromatic rings. The Balaban J connectivity index is 1.66. The van der Waals surface area contributed by atoms with Crippen LogP contribution in [-0.2, 0) is 16.6 Å². The molecule has 0 aliphatic heterocycles. The van der Waals surface area contributed by atoms with E-state index in [1.54, 1.807) is 43.5 Å². The molecule has 29 heavy (non-hydrogen) atoms. The van der Waals surface area contributed by atoms with Gasteiger partial charge in [-0.1, -0.05) is 46.3 Å². The van der Waals surface area contributed by atoms with Gasteiger partial charge < -0.3 is 9.47 Å². The minimum absolute atomic E-state index is 0.145. The molecule has 8 heteroatoms. The third kappa shape index (κ3) is 5.82. The van der Waals surface area contributed by atoms with E-state index in [1.807, 2.05) is 24.3 Å². The van der Waals surface area contributed by atoms with Gasteiger partial charge in [0.2, 0.25) is 0 Å². The molecule has 0 saturated heterocycles. The van der Waals surface area contributed by atoms with Crippen molar-refractivity contribution in [3.05, 3.63) is 88.4 Å². The number of halogens is 1. The number of hydrogen-bond acceptors (Lipinski definition) is 5. The van der Waals surface area contributed by atoms with E-state index in [0.717, 1.165) is 10.0 Å². The van der Waals surface area contributed by atoms with Gasteiger partial charge in [-0.2, -0.15) is 13.5 Å². The van der Waals surface area contributed by atoms with Gasteiger partial charge in [-0.25, -0.2) is 4.83 Å². The van der Waals surface area contributed by atoms with Crippen molar-refractivity contribution in [1.82, 2.24) is 4.83 Å². The first-order chi connectivity index (χ1) is 14.0. The number of sulfonamides is 1. The van der Waals surface area contributed by atoms with Crippen molar-refractivity contribution in [2.24, 2.45) is 5.10 Å². The molecule has 0 heterocycles. The molecule has 0 radical (unpaired) electrons. The highest BCUT2D eigenvalue weighted by Crippen LogP contribution is 2.28. The zero-order valence-corrected chi connectivity index (χ0v) is 18.0. The van der Waals surface area contributed by atoms with Gasteiger partial charge in [-0.05, 0) is 53.6 Å². The largest absolute Gasteiger partial charge is 0.493 e. The predicted molar refractivity (Wildman–Crippen MR) is 116 cm³/mol. The first-order valence-corrected chi connectivity index (χ1v) is 10.9. The highest BCUT2D eigenvalue weighted by atomic mass is 79.9. The van der Waals surface area contributed by atoms with Crippen LogP contribution in [0.1, 0.15) is 11.1 Å². The molecule has 0 bridgehead atoms. The van der Waals surface area contributed by atoms with Gasteiger partial charge in [0.1, 0.15) is 6.61 Å². The Morgan fingerprint density at radius 1 is 1.00 bits per heavy atom. The standard InChI is InChI=1S/C21H19BrN2O4S/c1-27-21-13-17(14-23-24-29(25,26)19-5-3-2-4-6-19)9-12-20(21)28-15-16-7-10-18(22)11-8-16/h2-14,24H,15H2,1H3/b23-14-. The first-order valence-electron chi connectivity index (χ1n) is 8.63. The molecular weight excluding hydrogens is 456 g/mol. The Kier molecular flexibility index (Phi) is 6.90. The summed E-state index contributed by atoms with van der Waals surface area (Å²) in [6.07, 6.45) is 1.40. The summed E-state index contributed by atoms with van der Waals surface area (Å²) in [6.45, 7) is 0.397. The summed E-state index contributed by atoms with van der Waals surface area (Å²) in [5.74, 6) is 1.11. The van der Waals surface area contributed by atoms with Crippen molar-refractivity contribution >= 4 is 32.2 Å². The maximum Gasteiger partial charge on any atom is 0.276 e. The van der Waals surface area contributed by atoms with Crippen molar-refractivity contribution in [3.63, 3.8) is 0 Å². The molecule has 0 aliphatic rings. The van der Waals surface area contributed by atoms with E-state index in [0.29, 0.717) is 23.7 Å². The van der Waals surface area contributed by atoms with Crippen molar-refractivity contribution < 1.29 is 17.9 Å². The number of nitrogens with one attached hydrogen (secondary N) is 1. The fraction of sp³-hybridized carbons (Fsp3) is 0.0952. The lowest BCUT2D eigenvalue weighted by molar-refractivity contribution is 0.284. The lowest BCUT2D eigenvalue weighted by Crippen LogP contribution is -2.18. The van der Waals surface area contributed by atoms with Crippen LogP contribution in [0.15, 0.2) is 87.3 Å². The highest BCUT2D eigenvalue weighted by molar-refractivity contribution is 9.10. The van der Waals surface area contributed by atoms with E-state index in [-0.39, 0.29) is 4.90 Å². The molecular formula is C21H19BrN2O4S. The smallest absolute Gasteiger partial charge is 0.276 e. The average Bonchev–Trinajstić information content (AvgIpc) is 2.74. The monoisotopic (exact) mass is 474 g/mol. The minimum Gasteiger partial charge on any atom is -0.493 e. The van der Waals surface area contributed by atoms with Crippen molar-refractivity contribution in [1.29, 1.82) is 0 Å². The summed E-state index contributed by atoms with van der Waals surface area (Å²) in [5, 5.41) is 3.83. The number of methoxy groups -OCH3 is 1. The molecule has 6 nitrogen and oxygen atoms in total. The fourth-order valence-corrected chi connectivity index (χ4v) is 3.52. The van der Waals surface area contributed by atoms with E-state index in [4.69, 9.17) is 9.47 Å². The topological polar surface area (TPSA) is 77.0 Å². The molecule has 3 rings (SSSR count). The lowest BCUT2D eigenvalue weighted by Gasteiger charge is -2.11. The van der Waals surface area contributed by atoms with E-state index >= 15 is 0 Å². The van der Waals surface area contributed by atoms with Crippen LogP contribution in [0.3, 0.4) is 0 Å². The number of benzene rings is 3. The summed E-state index contributed by atoms with van der Waals surface area (Å²) in [6, 6.07) is 21.1. The average molecular weight is 475 g/mol. The van der Waals surface area contributed by atoms with Gasteiger partial charge in [0.25, 0.3) is 10.0 Å². The van der Waals surface area contributed by atoms with Crippen LogP contribution in [-0.4, -0.2) is 21.7 Å². The number of nitrogens with zero attached hydrogens (tertiary/aromatic N) is 1. The highest BCUT2D eigenvalue weighted by Gasteiger charge is 2.11. The van der Waals surface area contributed by atoms with Gasteiger partial charge in [0, 0.05) is 4.47 Å². The molecule has 3 aromatic carbocycles. The van der Waals surface area contributed by atoms with Crippen molar-refractivity contribution in [3.8, 4) is 11.5 Å². The third-order valence-corrected chi connectivity index (χ3v) is 5.70. The van der Waals surface area contributed by atoms with Crippen LogP contribution < -0.4 is 14.3 Å². The molecule has 0 saturated carbocycles. The molecule has 150 valence electrons. The quantitative estimate of drug-likeness (QED) is 0.388. The van der Waals surface area contributed by atoms with Gasteiger partial charge in [-0.15, -0.1) is 0 Å². The van der Waals surface area contributed by atoms with Crippen LogP contribution in [0.4, 0.5) is 0 Å². The summed E-state index contributed by atoms with van der Waals surface area (Å²) in [5.41, 5.74) is 1.69. The predicted octanol–water partition coefficient (Wildman–Crippen LogP) is 4.35. The van der Waals surface area contributed by atoms with Crippen LogP contribution in [0.5, 0.6) is 11.5 Å². The Morgan fingerprint density at radius 2 is 1.72 bits per heavy atom. The molecule has 0 aliphatic carbocycles. The maximum absolute atomic E-state index is 12.2. The van der Waals surface area contributed by atoms with Gasteiger partial charge in [0.15, 0.2) is 11.5 Å². The minimum atomic E-state index is -3.70. The number of ether oxygens (including phenoxy) is 2. The van der Waals surface area contributed by atoms with Gasteiger partial charge in [-0.3, -0.25) is 0 Å². The van der Waals surface area contributed by atoms with E-state index in [1.165, 1.54) is 18.3 Å². The summed E-state index contributed by atoms with van der Waals surface area (Å²) in [4.78, 5) is 2.34. The second kappa shape index (κ2) is 9.58. The maximum atomic E-state index is 12.2. The SMILES string of the molecule is COc1cc(/C=N\NS(=O)(=O)c2ccccc2)ccc1OCc1ccc(Br)cc1. The van der Waals surface area contributed by atoms with Gasteiger partial charge >= 0.3 is 0 Å². The van der Waals surface area contributed by atoms with Crippen LogP contribution in [0, 0.1) is 0 Å². The van der Waals surface area contributed by atoms with E-state index in [9.17, 15) is 8.42 Å². The fourth-order valence-electron chi connectivity index (χ4n) is 2.45. The molecule has 0 spiro atoms. The van der Waals surface area contributed by atoms with Gasteiger partial charge in [0.05, 0.1) is 18.2 Å². The van der Waals surface area contributed by atoms with Crippen molar-refractivity contribution in [2.75, 3.05) is 7.11 Å². The van der Waals surface area contributed by atoms with Crippen molar-refractivity contribution in [2.45, 2.75) is 11.5 Å². The Morgan fingerprint density at radius 3 is 2.41 bits per heavy atom. The molecule has 0 fully saturated rings. The number of hydrazone groups is 1. The third-order valence-electron chi connectivity index (χ3n) is 3.94. The molecule has 0 unspecified atom stereocenters.